The smallest absolute Gasteiger partial charge is 0.762 e. The molecule has 0 aliphatic carbocycles. The van der Waals surface area contributed by atoms with Crippen LogP contribution in [-0.4, -0.2) is 38.2 Å². The summed E-state index contributed by atoms with van der Waals surface area (Å²) in [7, 11) is 0.420. The molecule has 0 aromatic heterocycles. The summed E-state index contributed by atoms with van der Waals surface area (Å²) in [4.78, 5) is 0. The van der Waals surface area contributed by atoms with E-state index in [0.717, 1.165) is 6.54 Å². The second kappa shape index (κ2) is 9.37. The first-order valence-corrected chi connectivity index (χ1v) is 3.07. The lowest BCUT2D eigenvalue weighted by molar-refractivity contribution is -0.00000560. The summed E-state index contributed by atoms with van der Waals surface area (Å²) < 4.78 is 29.0. The second-order valence-electron chi connectivity index (χ2n) is 2.05. The zero-order valence-electron chi connectivity index (χ0n) is 6.85. The average molecular weight is 201 g/mol. The van der Waals surface area contributed by atoms with Gasteiger partial charge in [-0.1, -0.05) is 13.5 Å². The summed E-state index contributed by atoms with van der Waals surface area (Å²) in [5.74, 6) is 0. The predicted octanol–water partition coefficient (Wildman–Crippen LogP) is -1.19. The Morgan fingerprint density at radius 2 is 1.62 bits per heavy atom. The fourth-order valence-corrected chi connectivity index (χ4v) is 0.595. The zero-order chi connectivity index (χ0) is 8.85. The second-order valence-corrected chi connectivity index (χ2v) is 2.05. The number of hydrogen-bond acceptors (Lipinski definition) is 2. The van der Waals surface area contributed by atoms with E-state index in [2.05, 4.69) is 29.3 Å². The third-order valence-electron chi connectivity index (χ3n) is 1.23. The molecule has 80 valence electrons. The molecule has 0 fully saturated rings. The Labute approximate surface area is 76.6 Å². The van der Waals surface area contributed by atoms with Crippen molar-refractivity contribution in [3.05, 3.63) is 12.3 Å². The van der Waals surface area contributed by atoms with Crippen LogP contribution in [0, 0.1) is 0 Å². The van der Waals surface area contributed by atoms with E-state index in [4.69, 9.17) is 0 Å². The van der Waals surface area contributed by atoms with E-state index in [9.17, 15) is 12.9 Å². The largest absolute Gasteiger partial charge is 1.00 e. The van der Waals surface area contributed by atoms with Crippen LogP contribution in [0.2, 0.25) is 0 Å². The normalized spacial score (nSPS) is 13.8. The Balaban J connectivity index is -0.000000150. The van der Waals surface area contributed by atoms with Gasteiger partial charge in [0.15, 0.2) is 0 Å². The number of hydrogen-bond donors (Lipinski definition) is 0. The van der Waals surface area contributed by atoms with Crippen LogP contribution < -0.4 is 4.70 Å². The van der Waals surface area contributed by atoms with Gasteiger partial charge < -0.3 is 9.71 Å². The van der Waals surface area contributed by atoms with Crippen molar-refractivity contribution in [3.8, 4) is 0 Å². The van der Waals surface area contributed by atoms with Crippen LogP contribution in [-0.2, 0) is 0 Å². The van der Waals surface area contributed by atoms with Crippen LogP contribution in [0.15, 0.2) is 12.3 Å². The van der Waals surface area contributed by atoms with E-state index in [0.29, 0.717) is 0 Å². The van der Waals surface area contributed by atoms with Gasteiger partial charge in [-0.2, -0.15) is 0 Å². The Morgan fingerprint density at radius 3 is 1.69 bits per heavy atom. The standard InChI is InChI=1S/C5H10N2.CH4.BF3.FH/c1-6-4-3-5-7(6)2;;2-1(3)4;/h3-4H,5H2,1-2H3;1H4;;1H/p-1. The molecule has 2 nitrogen and oxygen atoms in total. The molecule has 1 aliphatic heterocycles. The summed E-state index contributed by atoms with van der Waals surface area (Å²) in [6.07, 6.45) is 4.18. The fraction of sp³-hybridized carbons (Fsp3) is 0.667. The third-order valence-corrected chi connectivity index (χ3v) is 1.23. The summed E-state index contributed by atoms with van der Waals surface area (Å²) in [6, 6.07) is 0. The highest BCUT2D eigenvalue weighted by Gasteiger charge is 2.06. The van der Waals surface area contributed by atoms with Gasteiger partial charge in [0.05, 0.1) is 0 Å². The molecule has 1 heterocycles. The van der Waals surface area contributed by atoms with Crippen LogP contribution in [0.25, 0.3) is 0 Å². The van der Waals surface area contributed by atoms with Gasteiger partial charge in [0, 0.05) is 26.8 Å². The van der Waals surface area contributed by atoms with Crippen LogP contribution in [0.3, 0.4) is 0 Å². The molecule has 0 radical (unpaired) electrons. The zero-order valence-corrected chi connectivity index (χ0v) is 6.85. The summed E-state index contributed by atoms with van der Waals surface area (Å²) in [5.41, 5.74) is 0. The van der Waals surface area contributed by atoms with Crippen LogP contribution in [0.1, 0.15) is 7.43 Å². The van der Waals surface area contributed by atoms with Crippen molar-refractivity contribution in [2.75, 3.05) is 20.6 Å². The maximum Gasteiger partial charge on any atom is 0.762 e. The fourth-order valence-electron chi connectivity index (χ4n) is 0.595. The highest BCUT2D eigenvalue weighted by Crippen LogP contribution is 1.98. The highest BCUT2D eigenvalue weighted by molar-refractivity contribution is 6.33. The van der Waals surface area contributed by atoms with E-state index in [-0.39, 0.29) is 12.1 Å². The molecule has 0 atom stereocenters. The number of nitrogens with zero attached hydrogens (tertiary/aromatic N) is 2. The van der Waals surface area contributed by atoms with E-state index in [1.807, 2.05) is 7.05 Å². The van der Waals surface area contributed by atoms with Crippen molar-refractivity contribution in [2.24, 2.45) is 0 Å². The number of likely N-dealkylation sites (N-methyl/N-ethyl adjacent to an activating group) is 1. The van der Waals surface area contributed by atoms with Crippen LogP contribution in [0.4, 0.5) is 12.9 Å². The van der Waals surface area contributed by atoms with Crippen molar-refractivity contribution >= 4 is 7.54 Å². The van der Waals surface area contributed by atoms with Gasteiger partial charge in [-0.15, -0.1) is 0 Å². The van der Waals surface area contributed by atoms with Gasteiger partial charge in [-0.3, -0.25) is 12.9 Å². The molecular formula is C6H14BF4N2-. The molecule has 0 amide bonds. The quantitative estimate of drug-likeness (QED) is 0.359. The summed E-state index contributed by atoms with van der Waals surface area (Å²) in [6.45, 7) is 1.05. The van der Waals surface area contributed by atoms with Gasteiger partial charge in [-0.25, -0.2) is 5.01 Å². The Kier molecular flexibility index (Phi) is 13.1. The SMILES string of the molecule is C.CN1C=CCN1C.FB(F)F.[F-]. The highest BCUT2D eigenvalue weighted by atomic mass is 19.4. The monoisotopic (exact) mass is 201 g/mol. The maximum absolute atomic E-state index is 9.67. The average Bonchev–Trinajstić information content (AvgIpc) is 2.15. The molecule has 0 saturated carbocycles. The van der Waals surface area contributed by atoms with Gasteiger partial charge >= 0.3 is 7.54 Å². The first kappa shape index (κ1) is 18.1. The summed E-state index contributed by atoms with van der Waals surface area (Å²) >= 11 is 0. The molecule has 13 heavy (non-hydrogen) atoms. The Bertz CT molecular complexity index is 131. The molecule has 0 bridgehead atoms. The molecular weight excluding hydrogens is 187 g/mol. The summed E-state index contributed by atoms with van der Waals surface area (Å²) in [5, 5.41) is 4.18. The Morgan fingerprint density at radius 1 is 1.23 bits per heavy atom. The van der Waals surface area contributed by atoms with E-state index < -0.39 is 7.54 Å². The predicted molar refractivity (Wildman–Crippen MR) is 45.3 cm³/mol. The Hall–Kier alpha value is -0.715. The lowest BCUT2D eigenvalue weighted by Gasteiger charge is -2.18. The minimum absolute atomic E-state index is 0. The van der Waals surface area contributed by atoms with Crippen molar-refractivity contribution in [1.82, 2.24) is 10.0 Å². The van der Waals surface area contributed by atoms with Crippen molar-refractivity contribution in [2.45, 2.75) is 7.43 Å². The van der Waals surface area contributed by atoms with E-state index in [1.165, 1.54) is 0 Å². The number of hydrazine groups is 1. The molecule has 1 aliphatic rings. The minimum atomic E-state index is -3.67. The van der Waals surface area contributed by atoms with Crippen LogP contribution in [0.5, 0.6) is 0 Å². The molecule has 0 aromatic carbocycles. The number of rotatable bonds is 0. The minimum Gasteiger partial charge on any atom is -1.00 e. The van der Waals surface area contributed by atoms with E-state index in [1.54, 1.807) is 0 Å². The van der Waals surface area contributed by atoms with Crippen molar-refractivity contribution in [3.63, 3.8) is 0 Å². The third kappa shape index (κ3) is 11.3. The number of halogens is 4. The van der Waals surface area contributed by atoms with E-state index >= 15 is 0 Å². The first-order chi connectivity index (χ1) is 5.04. The molecule has 7 heteroatoms. The lowest BCUT2D eigenvalue weighted by atomic mass is 10.5. The van der Waals surface area contributed by atoms with Crippen molar-refractivity contribution < 1.29 is 17.7 Å². The van der Waals surface area contributed by atoms with Gasteiger partial charge in [-0.05, 0) is 0 Å². The molecule has 0 N–H and O–H groups in total. The van der Waals surface area contributed by atoms with Gasteiger partial charge in [0.2, 0.25) is 0 Å². The molecule has 0 saturated heterocycles. The first-order valence-electron chi connectivity index (χ1n) is 3.07. The molecule has 0 unspecified atom stereocenters. The topological polar surface area (TPSA) is 6.48 Å². The lowest BCUT2D eigenvalue weighted by Crippen LogP contribution is -3.00. The molecule has 0 aromatic rings. The maximum atomic E-state index is 9.67. The van der Waals surface area contributed by atoms with Gasteiger partial charge in [0.25, 0.3) is 0 Å². The van der Waals surface area contributed by atoms with Crippen molar-refractivity contribution in [1.29, 1.82) is 0 Å². The van der Waals surface area contributed by atoms with Gasteiger partial charge in [0.1, 0.15) is 0 Å². The molecule has 1 rings (SSSR count). The molecule has 0 spiro atoms. The van der Waals surface area contributed by atoms with Crippen LogP contribution >= 0.6 is 0 Å².